The maximum atomic E-state index is 2.24. The summed E-state index contributed by atoms with van der Waals surface area (Å²) in [4.78, 5) is 0. The molecule has 0 bridgehead atoms. The van der Waals surface area contributed by atoms with E-state index in [4.69, 9.17) is 0 Å². The number of aryl methyl sites for hydroxylation is 4. The molecule has 0 N–H and O–H groups in total. The zero-order valence-electron chi connectivity index (χ0n) is 15.0. The minimum absolute atomic E-state index is 0. The maximum absolute atomic E-state index is 2.24. The van der Waals surface area contributed by atoms with Crippen molar-refractivity contribution < 1.29 is 46.5 Å². The van der Waals surface area contributed by atoms with Gasteiger partial charge >= 0.3 is 21.7 Å². The fourth-order valence-corrected chi connectivity index (χ4v) is 3.08. The Kier molecular flexibility index (Phi) is 9.76. The van der Waals surface area contributed by atoms with Crippen LogP contribution in [-0.4, -0.2) is 0 Å². The van der Waals surface area contributed by atoms with Crippen molar-refractivity contribution in [3.63, 3.8) is 0 Å². The molecule has 0 heterocycles. The van der Waals surface area contributed by atoms with Gasteiger partial charge in [0.25, 0.3) is 0 Å². The summed E-state index contributed by atoms with van der Waals surface area (Å²) in [5.74, 6) is 0. The fourth-order valence-electron chi connectivity index (χ4n) is 3.08. The molecule has 4 aromatic rings. The smallest absolute Gasteiger partial charge is 1.00 e. The largest absolute Gasteiger partial charge is 4.00 e. The van der Waals surface area contributed by atoms with Crippen LogP contribution in [0.25, 0.3) is 21.5 Å². The Morgan fingerprint density at radius 2 is 0.960 bits per heavy atom. The van der Waals surface area contributed by atoms with Crippen molar-refractivity contribution in [2.45, 2.75) is 27.7 Å². The standard InChI is InChI=1S/2C11H11.2ClH.Ti/c2*1-8-6-10-5-3-4-9(2)11(10)7-8;;;/h2*3-7H,1-2H3;2*1H;/q2*-1;;;+4/p-2. The van der Waals surface area contributed by atoms with Crippen LogP contribution in [0.15, 0.2) is 60.7 Å². The van der Waals surface area contributed by atoms with Crippen molar-refractivity contribution in [3.8, 4) is 0 Å². The van der Waals surface area contributed by atoms with Gasteiger partial charge in [0.15, 0.2) is 0 Å². The number of hydrogen-bond donors (Lipinski definition) is 0. The van der Waals surface area contributed by atoms with Crippen LogP contribution in [0.3, 0.4) is 0 Å². The molecule has 0 saturated carbocycles. The third-order valence-corrected chi connectivity index (χ3v) is 4.23. The molecule has 0 spiro atoms. The topological polar surface area (TPSA) is 0 Å². The Morgan fingerprint density at radius 1 is 0.600 bits per heavy atom. The number of hydrogen-bond acceptors (Lipinski definition) is 0. The Hall–Kier alpha value is -1.05. The van der Waals surface area contributed by atoms with Crippen LogP contribution in [0, 0.1) is 27.7 Å². The van der Waals surface area contributed by atoms with E-state index in [0.29, 0.717) is 0 Å². The van der Waals surface area contributed by atoms with E-state index in [1.54, 1.807) is 0 Å². The monoisotopic (exact) mass is 404 g/mol. The molecular formula is C22H22Cl2Ti. The van der Waals surface area contributed by atoms with Crippen molar-refractivity contribution in [3.05, 3.63) is 82.9 Å². The van der Waals surface area contributed by atoms with E-state index < -0.39 is 0 Å². The van der Waals surface area contributed by atoms with Gasteiger partial charge in [-0.25, -0.2) is 0 Å². The predicted octanol–water partition coefficient (Wildman–Crippen LogP) is 0.357. The third kappa shape index (κ3) is 5.46. The van der Waals surface area contributed by atoms with Gasteiger partial charge in [-0.05, 0) is 13.8 Å². The van der Waals surface area contributed by atoms with Gasteiger partial charge in [0.05, 0.1) is 0 Å². The second kappa shape index (κ2) is 10.2. The van der Waals surface area contributed by atoms with E-state index in [0.717, 1.165) is 0 Å². The molecule has 0 aliphatic rings. The molecule has 0 amide bonds. The molecule has 0 atom stereocenters. The first-order chi connectivity index (χ1) is 10.5. The number of halogens is 2. The average molecular weight is 405 g/mol. The molecular weight excluding hydrogens is 383 g/mol. The molecule has 0 aromatic heterocycles. The van der Waals surface area contributed by atoms with E-state index in [1.165, 1.54) is 43.8 Å². The Balaban J connectivity index is 0.000000411. The molecule has 4 aromatic carbocycles. The zero-order valence-corrected chi connectivity index (χ0v) is 18.1. The van der Waals surface area contributed by atoms with Crippen molar-refractivity contribution in [1.29, 1.82) is 0 Å². The second-order valence-electron chi connectivity index (χ2n) is 6.22. The molecule has 0 aliphatic carbocycles. The second-order valence-corrected chi connectivity index (χ2v) is 6.22. The maximum Gasteiger partial charge on any atom is 4.00 e. The van der Waals surface area contributed by atoms with Gasteiger partial charge in [-0.1, -0.05) is 37.1 Å². The van der Waals surface area contributed by atoms with Crippen LogP contribution in [0.4, 0.5) is 0 Å². The molecule has 128 valence electrons. The van der Waals surface area contributed by atoms with Gasteiger partial charge in [-0.2, -0.15) is 12.1 Å². The normalized spacial score (nSPS) is 9.44. The van der Waals surface area contributed by atoms with Crippen molar-refractivity contribution in [2.24, 2.45) is 0 Å². The Bertz CT molecular complexity index is 854. The van der Waals surface area contributed by atoms with Crippen molar-refractivity contribution >= 4 is 21.5 Å². The summed E-state index contributed by atoms with van der Waals surface area (Å²) in [5.41, 5.74) is 5.45. The van der Waals surface area contributed by atoms with E-state index in [1.807, 2.05) is 0 Å². The predicted molar refractivity (Wildman–Crippen MR) is 98.0 cm³/mol. The van der Waals surface area contributed by atoms with Crippen LogP contribution < -0.4 is 24.8 Å². The first kappa shape index (κ1) is 24.0. The summed E-state index contributed by atoms with van der Waals surface area (Å²) in [6.45, 7) is 8.59. The minimum atomic E-state index is 0. The van der Waals surface area contributed by atoms with Gasteiger partial charge in [0, 0.05) is 0 Å². The van der Waals surface area contributed by atoms with Crippen molar-refractivity contribution in [2.75, 3.05) is 0 Å². The molecule has 4 rings (SSSR count). The average Bonchev–Trinajstić information content (AvgIpc) is 3.03. The van der Waals surface area contributed by atoms with E-state index in [2.05, 4.69) is 88.4 Å². The van der Waals surface area contributed by atoms with Crippen LogP contribution >= 0.6 is 0 Å². The number of benzene rings is 2. The zero-order chi connectivity index (χ0) is 15.7. The van der Waals surface area contributed by atoms with Crippen LogP contribution in [0.1, 0.15) is 22.3 Å². The van der Waals surface area contributed by atoms with Gasteiger partial charge < -0.3 is 24.8 Å². The van der Waals surface area contributed by atoms with Gasteiger partial charge in [-0.15, -0.1) is 69.1 Å². The van der Waals surface area contributed by atoms with E-state index >= 15 is 0 Å². The first-order valence-electron chi connectivity index (χ1n) is 7.80. The summed E-state index contributed by atoms with van der Waals surface area (Å²) in [7, 11) is 0. The molecule has 0 saturated heterocycles. The molecule has 25 heavy (non-hydrogen) atoms. The van der Waals surface area contributed by atoms with Gasteiger partial charge in [0.2, 0.25) is 0 Å². The molecule has 0 unspecified atom stereocenters. The molecule has 0 radical (unpaired) electrons. The molecule has 0 nitrogen and oxygen atoms in total. The molecule has 0 fully saturated rings. The van der Waals surface area contributed by atoms with Gasteiger partial charge in [0.1, 0.15) is 0 Å². The SMILES string of the molecule is Cc1cc2c(C)cccc2[cH-]1.Cc1cc2c(C)cccc2[cH-]1.[Cl-].[Cl-].[Ti+4]. The van der Waals surface area contributed by atoms with Crippen LogP contribution in [-0.2, 0) is 21.7 Å². The third-order valence-electron chi connectivity index (χ3n) is 4.23. The number of rotatable bonds is 0. The van der Waals surface area contributed by atoms with E-state index in [9.17, 15) is 0 Å². The summed E-state index contributed by atoms with van der Waals surface area (Å²) in [6.07, 6.45) is 0. The van der Waals surface area contributed by atoms with E-state index in [-0.39, 0.29) is 46.5 Å². The van der Waals surface area contributed by atoms with Crippen LogP contribution in [0.5, 0.6) is 0 Å². The Labute approximate surface area is 178 Å². The summed E-state index contributed by atoms with van der Waals surface area (Å²) < 4.78 is 0. The molecule has 0 aliphatic heterocycles. The minimum Gasteiger partial charge on any atom is -1.00 e. The van der Waals surface area contributed by atoms with Crippen molar-refractivity contribution in [1.82, 2.24) is 0 Å². The summed E-state index contributed by atoms with van der Waals surface area (Å²) >= 11 is 0. The quantitative estimate of drug-likeness (QED) is 0.293. The summed E-state index contributed by atoms with van der Waals surface area (Å²) in [5, 5.41) is 5.51. The fraction of sp³-hybridized carbons (Fsp3) is 0.182. The van der Waals surface area contributed by atoms with Crippen LogP contribution in [0.2, 0.25) is 0 Å². The molecule has 3 heteroatoms. The first-order valence-corrected chi connectivity index (χ1v) is 7.80. The Morgan fingerprint density at radius 3 is 1.28 bits per heavy atom. The van der Waals surface area contributed by atoms with Gasteiger partial charge in [-0.3, -0.25) is 0 Å². The number of fused-ring (bicyclic) bond motifs is 2. The summed E-state index contributed by atoms with van der Waals surface area (Å²) in [6, 6.07) is 21.8.